The highest BCUT2D eigenvalue weighted by Gasteiger charge is 2.51. The molecule has 0 saturated heterocycles. The number of hydrogen-bond acceptors (Lipinski definition) is 5. The van der Waals surface area contributed by atoms with E-state index in [1.165, 1.54) is 0 Å². The van der Waals surface area contributed by atoms with Gasteiger partial charge in [-0.2, -0.15) is 0 Å². The van der Waals surface area contributed by atoms with Crippen molar-refractivity contribution >= 4 is 5.97 Å². The second-order valence-corrected chi connectivity index (χ2v) is 7.22. The van der Waals surface area contributed by atoms with Gasteiger partial charge in [0, 0.05) is 23.6 Å². The summed E-state index contributed by atoms with van der Waals surface area (Å²) in [5.74, 6) is -1.48. The number of ether oxygens (including phenoxy) is 2. The molecule has 0 amide bonds. The Labute approximate surface area is 151 Å². The van der Waals surface area contributed by atoms with E-state index in [4.69, 9.17) is 9.47 Å². The van der Waals surface area contributed by atoms with Crippen LogP contribution in [0.15, 0.2) is 29.1 Å². The highest BCUT2D eigenvalue weighted by Crippen LogP contribution is 2.45. The molecule has 1 aliphatic carbocycles. The Morgan fingerprint density at radius 1 is 1.35 bits per heavy atom. The number of methoxy groups -OCH3 is 1. The molecule has 3 rings (SSSR count). The summed E-state index contributed by atoms with van der Waals surface area (Å²) >= 11 is 0. The first-order valence-corrected chi connectivity index (χ1v) is 8.61. The molecule has 3 N–H and O–H groups in total. The fraction of sp³-hybridized carbons (Fsp3) is 0.474. The average Bonchev–Trinajstić information content (AvgIpc) is 2.92. The smallest absolute Gasteiger partial charge is 0.313 e. The van der Waals surface area contributed by atoms with Gasteiger partial charge in [0.1, 0.15) is 5.75 Å². The first-order chi connectivity index (χ1) is 12.2. The molecule has 0 fully saturated rings. The number of benzene rings is 1. The second-order valence-electron chi connectivity index (χ2n) is 7.22. The highest BCUT2D eigenvalue weighted by molar-refractivity contribution is 5.77. The molecule has 0 radical (unpaired) electrons. The van der Waals surface area contributed by atoms with Crippen molar-refractivity contribution in [1.82, 2.24) is 10.2 Å². The van der Waals surface area contributed by atoms with Crippen molar-refractivity contribution in [2.45, 2.75) is 44.8 Å². The van der Waals surface area contributed by atoms with E-state index in [9.17, 15) is 14.7 Å². The number of carbonyl (C=O) groups is 1. The fourth-order valence-corrected chi connectivity index (χ4v) is 3.76. The third kappa shape index (κ3) is 3.14. The zero-order valence-corrected chi connectivity index (χ0v) is 15.3. The fourth-order valence-electron chi connectivity index (χ4n) is 3.76. The monoisotopic (exact) mass is 360 g/mol. The number of aromatic nitrogens is 2. The number of nitrogens with one attached hydrogen (secondary N) is 2. The topological polar surface area (TPSA) is 104 Å². The Hall–Kier alpha value is -2.54. The zero-order valence-electron chi connectivity index (χ0n) is 15.3. The summed E-state index contributed by atoms with van der Waals surface area (Å²) in [5, 5.41) is 16.5. The van der Waals surface area contributed by atoms with E-state index in [0.717, 1.165) is 0 Å². The summed E-state index contributed by atoms with van der Waals surface area (Å²) in [7, 11) is 1.55. The van der Waals surface area contributed by atoms with Crippen LogP contribution in [-0.4, -0.2) is 40.1 Å². The lowest BCUT2D eigenvalue weighted by Crippen LogP contribution is -2.50. The number of hydrogen-bond donors (Lipinski definition) is 3. The molecule has 3 atom stereocenters. The molecule has 3 unspecified atom stereocenters. The normalized spacial score (nSPS) is 25.0. The van der Waals surface area contributed by atoms with Gasteiger partial charge in [-0.05, 0) is 38.5 Å². The maximum atomic E-state index is 12.9. The molecule has 1 aliphatic rings. The lowest BCUT2D eigenvalue weighted by Gasteiger charge is -2.40. The molecule has 0 aliphatic heterocycles. The van der Waals surface area contributed by atoms with E-state index in [-0.39, 0.29) is 18.1 Å². The van der Waals surface area contributed by atoms with E-state index >= 15 is 0 Å². The minimum Gasteiger partial charge on any atom is -0.497 e. The maximum Gasteiger partial charge on any atom is 0.313 e. The van der Waals surface area contributed by atoms with Crippen LogP contribution in [0.4, 0.5) is 0 Å². The van der Waals surface area contributed by atoms with Crippen molar-refractivity contribution in [1.29, 1.82) is 0 Å². The molecule has 26 heavy (non-hydrogen) atoms. The van der Waals surface area contributed by atoms with E-state index in [1.807, 2.05) is 6.07 Å². The lowest BCUT2D eigenvalue weighted by molar-refractivity contribution is -0.163. The van der Waals surface area contributed by atoms with Crippen molar-refractivity contribution in [2.75, 3.05) is 7.11 Å². The van der Waals surface area contributed by atoms with Crippen molar-refractivity contribution in [2.24, 2.45) is 5.92 Å². The molecule has 2 aromatic rings. The van der Waals surface area contributed by atoms with Crippen LogP contribution in [-0.2, 0) is 16.0 Å². The van der Waals surface area contributed by atoms with Crippen molar-refractivity contribution in [3.8, 4) is 5.75 Å². The van der Waals surface area contributed by atoms with Gasteiger partial charge in [0.2, 0.25) is 0 Å². The first-order valence-electron chi connectivity index (χ1n) is 8.61. The SMILES string of the molecule is COc1cccc(C2c3c([nH][nH]c3=O)CC(C)(O)C2C(=O)OC(C)C)c1. The molecule has 1 heterocycles. The molecule has 7 heteroatoms. The summed E-state index contributed by atoms with van der Waals surface area (Å²) in [6, 6.07) is 7.18. The van der Waals surface area contributed by atoms with Gasteiger partial charge in [0.15, 0.2) is 0 Å². The van der Waals surface area contributed by atoms with Gasteiger partial charge in [0.05, 0.1) is 24.7 Å². The largest absolute Gasteiger partial charge is 0.497 e. The van der Waals surface area contributed by atoms with Gasteiger partial charge >= 0.3 is 5.97 Å². The average molecular weight is 360 g/mol. The Bertz CT molecular complexity index is 865. The van der Waals surface area contributed by atoms with Crippen LogP contribution in [0.1, 0.15) is 43.5 Å². The van der Waals surface area contributed by atoms with Crippen molar-refractivity contribution < 1.29 is 19.4 Å². The number of fused-ring (bicyclic) bond motifs is 1. The maximum absolute atomic E-state index is 12.9. The summed E-state index contributed by atoms with van der Waals surface area (Å²) in [5.41, 5.74) is 0.0849. The Morgan fingerprint density at radius 3 is 2.73 bits per heavy atom. The standard InChI is InChI=1S/C19H24N2O5/c1-10(2)26-18(23)16-14(11-6-5-7-12(8-11)25-4)15-13(9-19(16,3)24)20-21-17(15)22/h5-8,10,14,16,24H,9H2,1-4H3,(H2,20,21,22). The molecule has 7 nitrogen and oxygen atoms in total. The quantitative estimate of drug-likeness (QED) is 0.720. The van der Waals surface area contributed by atoms with Crippen molar-refractivity contribution in [3.63, 3.8) is 0 Å². The number of rotatable bonds is 4. The van der Waals surface area contributed by atoms with Gasteiger partial charge in [-0.3, -0.25) is 14.7 Å². The van der Waals surface area contributed by atoms with Crippen LogP contribution in [0, 0.1) is 5.92 Å². The lowest BCUT2D eigenvalue weighted by atomic mass is 9.66. The van der Waals surface area contributed by atoms with Crippen molar-refractivity contribution in [3.05, 3.63) is 51.4 Å². The van der Waals surface area contributed by atoms with Crippen LogP contribution in [0.3, 0.4) is 0 Å². The van der Waals surface area contributed by atoms with E-state index in [1.54, 1.807) is 46.1 Å². The Balaban J connectivity index is 2.20. The predicted octanol–water partition coefficient (Wildman–Crippen LogP) is 1.72. The van der Waals surface area contributed by atoms with E-state index in [2.05, 4.69) is 10.2 Å². The third-order valence-corrected chi connectivity index (χ3v) is 4.80. The molecule has 0 spiro atoms. The number of aromatic amines is 2. The molecular formula is C19H24N2O5. The second kappa shape index (κ2) is 6.64. The summed E-state index contributed by atoms with van der Waals surface area (Å²) < 4.78 is 10.7. The van der Waals surface area contributed by atoms with E-state index in [0.29, 0.717) is 22.6 Å². The minimum absolute atomic E-state index is 0.152. The Kier molecular flexibility index (Phi) is 4.66. The molecule has 1 aromatic carbocycles. The minimum atomic E-state index is -1.38. The molecule has 0 saturated carbocycles. The van der Waals surface area contributed by atoms with Gasteiger partial charge < -0.3 is 19.7 Å². The zero-order chi connectivity index (χ0) is 19.1. The summed E-state index contributed by atoms with van der Waals surface area (Å²) in [4.78, 5) is 25.3. The van der Waals surface area contributed by atoms with Gasteiger partial charge in [-0.25, -0.2) is 0 Å². The number of aliphatic hydroxyl groups is 1. The number of carbonyl (C=O) groups excluding carboxylic acids is 1. The molecule has 1 aromatic heterocycles. The summed E-state index contributed by atoms with van der Waals surface area (Å²) in [6.45, 7) is 5.11. The van der Waals surface area contributed by atoms with Gasteiger partial charge in [0.25, 0.3) is 5.56 Å². The highest BCUT2D eigenvalue weighted by atomic mass is 16.5. The third-order valence-electron chi connectivity index (χ3n) is 4.80. The van der Waals surface area contributed by atoms with Crippen LogP contribution >= 0.6 is 0 Å². The molecular weight excluding hydrogens is 336 g/mol. The summed E-state index contributed by atoms with van der Waals surface area (Å²) in [6.07, 6.45) is -0.172. The van der Waals surface area contributed by atoms with Gasteiger partial charge in [-0.15, -0.1) is 0 Å². The molecule has 0 bridgehead atoms. The van der Waals surface area contributed by atoms with Gasteiger partial charge in [-0.1, -0.05) is 12.1 Å². The van der Waals surface area contributed by atoms with Crippen LogP contribution in [0.25, 0.3) is 0 Å². The van der Waals surface area contributed by atoms with Crippen LogP contribution < -0.4 is 10.3 Å². The number of esters is 1. The number of H-pyrrole nitrogens is 2. The predicted molar refractivity (Wildman–Crippen MR) is 95.3 cm³/mol. The van der Waals surface area contributed by atoms with Crippen LogP contribution in [0.5, 0.6) is 5.75 Å². The first kappa shape index (κ1) is 18.3. The Morgan fingerprint density at radius 2 is 2.08 bits per heavy atom. The van der Waals surface area contributed by atoms with E-state index < -0.39 is 23.4 Å². The molecule has 140 valence electrons. The van der Waals surface area contributed by atoms with Crippen LogP contribution in [0.2, 0.25) is 0 Å².